The van der Waals surface area contributed by atoms with Crippen molar-refractivity contribution in [1.29, 1.82) is 0 Å². The summed E-state index contributed by atoms with van der Waals surface area (Å²) in [6, 6.07) is 0. The molecule has 34 heavy (non-hydrogen) atoms. The molecular weight excluding hydrogens is 416 g/mol. The van der Waals surface area contributed by atoms with Crippen molar-refractivity contribution in [2.75, 3.05) is 6.61 Å². The predicted octanol–water partition coefficient (Wildman–Crippen LogP) is 9.89. The minimum Gasteiger partial charge on any atom is -0.465 e. The molecule has 0 saturated heterocycles. The Kier molecular flexibility index (Phi) is 13.4. The first kappa shape index (κ1) is 28.0. The smallest absolute Gasteiger partial charge is 0.308 e. The fourth-order valence-electron chi connectivity index (χ4n) is 7.48. The summed E-state index contributed by atoms with van der Waals surface area (Å²) in [6.45, 7) is 5.21. The van der Waals surface area contributed by atoms with Crippen LogP contribution in [0.1, 0.15) is 155 Å². The van der Waals surface area contributed by atoms with E-state index in [4.69, 9.17) is 4.74 Å². The van der Waals surface area contributed by atoms with Gasteiger partial charge in [0.15, 0.2) is 0 Å². The predicted molar refractivity (Wildman–Crippen MR) is 145 cm³/mol. The molecule has 2 nitrogen and oxygen atoms in total. The molecule has 0 unspecified atom stereocenters. The van der Waals surface area contributed by atoms with E-state index in [9.17, 15) is 4.79 Å². The van der Waals surface area contributed by atoms with Gasteiger partial charge in [0.1, 0.15) is 0 Å². The first-order valence-electron chi connectivity index (χ1n) is 15.8. The van der Waals surface area contributed by atoms with E-state index in [0.29, 0.717) is 6.61 Å². The molecule has 3 aliphatic rings. The van der Waals surface area contributed by atoms with Crippen LogP contribution in [0.5, 0.6) is 0 Å². The first-order valence-corrected chi connectivity index (χ1v) is 15.8. The van der Waals surface area contributed by atoms with E-state index in [1.165, 1.54) is 122 Å². The molecule has 2 heteroatoms. The van der Waals surface area contributed by atoms with Crippen LogP contribution in [0.2, 0.25) is 0 Å². The number of carbonyl (C=O) groups excluding carboxylic acids is 1. The maximum atomic E-state index is 12.3. The molecular formula is C32H58O2. The molecule has 3 aliphatic carbocycles. The molecule has 0 bridgehead atoms. The molecule has 0 heterocycles. The normalized spacial score (nSPS) is 32.4. The fraction of sp³-hybridized carbons (Fsp3) is 0.969. The van der Waals surface area contributed by atoms with Crippen LogP contribution < -0.4 is 0 Å². The molecule has 0 aromatic carbocycles. The van der Waals surface area contributed by atoms with Gasteiger partial charge in [-0.15, -0.1) is 0 Å². The Labute approximate surface area is 212 Å². The average molecular weight is 475 g/mol. The second-order valence-corrected chi connectivity index (χ2v) is 12.7. The molecule has 3 saturated carbocycles. The van der Waals surface area contributed by atoms with Crippen molar-refractivity contribution in [2.24, 2.45) is 35.5 Å². The molecule has 0 spiro atoms. The Bertz CT molecular complexity index is 519. The Balaban J connectivity index is 1.19. The van der Waals surface area contributed by atoms with Crippen LogP contribution in [-0.4, -0.2) is 12.6 Å². The molecule has 0 aliphatic heterocycles. The SMILES string of the molecule is CCCCCCOC(=O)[C@H]1CC[C@H](CC[C@H]2CC[C@H](CC[C@H]3CC[C@H](CCC)CC3)CC2)CC1. The Hall–Kier alpha value is -0.530. The lowest BCUT2D eigenvalue weighted by atomic mass is 9.73. The lowest BCUT2D eigenvalue weighted by Gasteiger charge is -2.33. The highest BCUT2D eigenvalue weighted by Crippen LogP contribution is 2.40. The van der Waals surface area contributed by atoms with Gasteiger partial charge >= 0.3 is 5.97 Å². The van der Waals surface area contributed by atoms with Gasteiger partial charge in [0.2, 0.25) is 0 Å². The lowest BCUT2D eigenvalue weighted by Crippen LogP contribution is -2.24. The molecule has 0 atom stereocenters. The summed E-state index contributed by atoms with van der Waals surface area (Å²) in [5.74, 6) is 5.30. The van der Waals surface area contributed by atoms with Crippen LogP contribution in [-0.2, 0) is 9.53 Å². The number of ether oxygens (including phenoxy) is 1. The largest absolute Gasteiger partial charge is 0.465 e. The maximum absolute atomic E-state index is 12.3. The first-order chi connectivity index (χ1) is 16.7. The minimum absolute atomic E-state index is 0.0993. The monoisotopic (exact) mass is 474 g/mol. The van der Waals surface area contributed by atoms with Crippen molar-refractivity contribution in [1.82, 2.24) is 0 Å². The van der Waals surface area contributed by atoms with Crippen LogP contribution in [0.4, 0.5) is 0 Å². The number of hydrogen-bond donors (Lipinski definition) is 0. The van der Waals surface area contributed by atoms with E-state index < -0.39 is 0 Å². The van der Waals surface area contributed by atoms with Crippen LogP contribution in [0, 0.1) is 35.5 Å². The van der Waals surface area contributed by atoms with Gasteiger partial charge < -0.3 is 4.74 Å². The van der Waals surface area contributed by atoms with Gasteiger partial charge in [0.25, 0.3) is 0 Å². The van der Waals surface area contributed by atoms with Gasteiger partial charge in [-0.3, -0.25) is 4.79 Å². The van der Waals surface area contributed by atoms with E-state index in [0.717, 1.165) is 48.9 Å². The van der Waals surface area contributed by atoms with Crippen LogP contribution in [0.25, 0.3) is 0 Å². The zero-order chi connectivity index (χ0) is 24.0. The average Bonchev–Trinajstić information content (AvgIpc) is 2.88. The molecule has 0 N–H and O–H groups in total. The van der Waals surface area contributed by atoms with Crippen molar-refractivity contribution in [3.05, 3.63) is 0 Å². The van der Waals surface area contributed by atoms with Crippen molar-refractivity contribution in [3.63, 3.8) is 0 Å². The second-order valence-electron chi connectivity index (χ2n) is 12.7. The van der Waals surface area contributed by atoms with Gasteiger partial charge in [-0.25, -0.2) is 0 Å². The number of hydrogen-bond acceptors (Lipinski definition) is 2. The molecule has 0 amide bonds. The third kappa shape index (κ3) is 10.2. The molecule has 198 valence electrons. The van der Waals surface area contributed by atoms with Crippen LogP contribution in [0.15, 0.2) is 0 Å². The van der Waals surface area contributed by atoms with Gasteiger partial charge in [-0.05, 0) is 61.7 Å². The van der Waals surface area contributed by atoms with E-state index in [-0.39, 0.29) is 11.9 Å². The summed E-state index contributed by atoms with van der Waals surface area (Å²) < 4.78 is 5.56. The van der Waals surface area contributed by atoms with E-state index in [2.05, 4.69) is 13.8 Å². The van der Waals surface area contributed by atoms with Gasteiger partial charge in [-0.1, -0.05) is 123 Å². The van der Waals surface area contributed by atoms with Gasteiger partial charge in [0, 0.05) is 0 Å². The third-order valence-corrected chi connectivity index (χ3v) is 10.0. The lowest BCUT2D eigenvalue weighted by molar-refractivity contribution is -0.150. The number of esters is 1. The topological polar surface area (TPSA) is 26.3 Å². The van der Waals surface area contributed by atoms with Crippen LogP contribution in [0.3, 0.4) is 0 Å². The number of carbonyl (C=O) groups is 1. The van der Waals surface area contributed by atoms with Crippen LogP contribution >= 0.6 is 0 Å². The highest BCUT2D eigenvalue weighted by atomic mass is 16.5. The maximum Gasteiger partial charge on any atom is 0.308 e. The van der Waals surface area contributed by atoms with Gasteiger partial charge in [-0.2, -0.15) is 0 Å². The van der Waals surface area contributed by atoms with E-state index in [1.807, 2.05) is 0 Å². The van der Waals surface area contributed by atoms with Crippen molar-refractivity contribution >= 4 is 5.97 Å². The Morgan fingerprint density at radius 1 is 0.529 bits per heavy atom. The summed E-state index contributed by atoms with van der Waals surface area (Å²) in [6.07, 6.45) is 30.2. The summed E-state index contributed by atoms with van der Waals surface area (Å²) in [5, 5.41) is 0. The zero-order valence-corrected chi connectivity index (χ0v) is 23.0. The standard InChI is InChI=1S/C32H58O2/c1-3-5-6-7-25-34-32(33)31-23-21-30(22-24-31)20-19-29-17-15-28(16-18-29)14-13-27-11-9-26(8-4-2)10-12-27/h26-31H,3-25H2,1-2H3/t26-,27-,28-,29-,30-,31-. The summed E-state index contributed by atoms with van der Waals surface area (Å²) in [4.78, 5) is 12.3. The number of unbranched alkanes of at least 4 members (excludes halogenated alkanes) is 3. The second kappa shape index (κ2) is 16.3. The Morgan fingerprint density at radius 2 is 0.941 bits per heavy atom. The molecule has 0 radical (unpaired) electrons. The highest BCUT2D eigenvalue weighted by molar-refractivity contribution is 5.72. The quantitative estimate of drug-likeness (QED) is 0.185. The highest BCUT2D eigenvalue weighted by Gasteiger charge is 2.29. The molecule has 3 fully saturated rings. The molecule has 3 rings (SSSR count). The summed E-state index contributed by atoms with van der Waals surface area (Å²) in [5.41, 5.74) is 0. The molecule has 0 aromatic rings. The number of rotatable bonds is 14. The van der Waals surface area contributed by atoms with Crippen molar-refractivity contribution in [2.45, 2.75) is 155 Å². The molecule has 0 aromatic heterocycles. The van der Waals surface area contributed by atoms with Crippen molar-refractivity contribution in [3.8, 4) is 0 Å². The van der Waals surface area contributed by atoms with Crippen molar-refractivity contribution < 1.29 is 9.53 Å². The summed E-state index contributed by atoms with van der Waals surface area (Å²) >= 11 is 0. The van der Waals surface area contributed by atoms with E-state index >= 15 is 0 Å². The van der Waals surface area contributed by atoms with Gasteiger partial charge in [0.05, 0.1) is 12.5 Å². The Morgan fingerprint density at radius 3 is 1.35 bits per heavy atom. The minimum atomic E-state index is 0.0993. The zero-order valence-electron chi connectivity index (χ0n) is 23.0. The van der Waals surface area contributed by atoms with E-state index in [1.54, 1.807) is 0 Å². The summed E-state index contributed by atoms with van der Waals surface area (Å²) in [7, 11) is 0. The third-order valence-electron chi connectivity index (χ3n) is 10.0. The fourth-order valence-corrected chi connectivity index (χ4v) is 7.48.